The van der Waals surface area contributed by atoms with Crippen molar-refractivity contribution in [1.29, 1.82) is 0 Å². The molecule has 1 atom stereocenters. The summed E-state index contributed by atoms with van der Waals surface area (Å²) >= 11 is 0. The van der Waals surface area contributed by atoms with Crippen molar-refractivity contribution in [1.82, 2.24) is 0 Å². The van der Waals surface area contributed by atoms with Crippen molar-refractivity contribution in [2.75, 3.05) is 13.7 Å². The van der Waals surface area contributed by atoms with E-state index in [1.807, 2.05) is 61.5 Å². The van der Waals surface area contributed by atoms with E-state index in [0.29, 0.717) is 0 Å². The summed E-state index contributed by atoms with van der Waals surface area (Å²) in [5.41, 5.74) is 1.77. The minimum Gasteiger partial charge on any atom is -0.381 e. The third-order valence-electron chi connectivity index (χ3n) is 3.13. The number of hydrogen-bond acceptors (Lipinski definition) is 2. The molecule has 0 aliphatic carbocycles. The Hall–Kier alpha value is -1.64. The minimum absolute atomic E-state index is 0.236. The number of rotatable bonds is 4. The van der Waals surface area contributed by atoms with Gasteiger partial charge in [0, 0.05) is 7.11 Å². The molecule has 0 radical (unpaired) electrons. The van der Waals surface area contributed by atoms with Gasteiger partial charge in [0.25, 0.3) is 0 Å². The van der Waals surface area contributed by atoms with Gasteiger partial charge in [-0.25, -0.2) is 0 Å². The fraction of sp³-hybridized carbons (Fsp3) is 0.250. The highest BCUT2D eigenvalue weighted by Gasteiger charge is 2.31. The molecule has 2 rings (SSSR count). The van der Waals surface area contributed by atoms with Crippen molar-refractivity contribution in [3.63, 3.8) is 0 Å². The molecule has 0 spiro atoms. The summed E-state index contributed by atoms with van der Waals surface area (Å²) in [5, 5.41) is 10.9. The van der Waals surface area contributed by atoms with Crippen molar-refractivity contribution in [2.24, 2.45) is 0 Å². The van der Waals surface area contributed by atoms with Crippen molar-refractivity contribution in [3.05, 3.63) is 71.3 Å². The second-order valence-corrected chi connectivity index (χ2v) is 4.53. The summed E-state index contributed by atoms with van der Waals surface area (Å²) in [6, 6.07) is 17.5. The highest BCUT2D eigenvalue weighted by Crippen LogP contribution is 2.29. The maximum absolute atomic E-state index is 10.9. The van der Waals surface area contributed by atoms with Gasteiger partial charge in [0.1, 0.15) is 5.60 Å². The van der Waals surface area contributed by atoms with Gasteiger partial charge in [0.2, 0.25) is 0 Å². The molecule has 2 aromatic carbocycles. The van der Waals surface area contributed by atoms with Crippen LogP contribution >= 0.6 is 0 Å². The predicted molar refractivity (Wildman–Crippen MR) is 72.5 cm³/mol. The fourth-order valence-electron chi connectivity index (χ4n) is 2.09. The second kappa shape index (κ2) is 5.34. The number of benzene rings is 2. The Kier molecular flexibility index (Phi) is 3.80. The summed E-state index contributed by atoms with van der Waals surface area (Å²) in [7, 11) is 1.60. The molecule has 0 saturated heterocycles. The minimum atomic E-state index is -1.09. The van der Waals surface area contributed by atoms with Crippen LogP contribution in [0, 0.1) is 6.92 Å². The van der Waals surface area contributed by atoms with Gasteiger partial charge in [-0.15, -0.1) is 0 Å². The average molecular weight is 242 g/mol. The van der Waals surface area contributed by atoms with Crippen LogP contribution in [0.1, 0.15) is 16.7 Å². The van der Waals surface area contributed by atoms with Crippen LogP contribution < -0.4 is 0 Å². The van der Waals surface area contributed by atoms with Gasteiger partial charge in [-0.2, -0.15) is 0 Å². The molecule has 0 amide bonds. The van der Waals surface area contributed by atoms with Gasteiger partial charge in [-0.3, -0.25) is 0 Å². The van der Waals surface area contributed by atoms with Gasteiger partial charge in [0.05, 0.1) is 6.61 Å². The topological polar surface area (TPSA) is 29.5 Å². The lowest BCUT2D eigenvalue weighted by molar-refractivity contribution is -0.00328. The fourth-order valence-corrected chi connectivity index (χ4v) is 2.09. The third kappa shape index (κ3) is 2.45. The second-order valence-electron chi connectivity index (χ2n) is 4.53. The molecule has 0 aliphatic rings. The van der Waals surface area contributed by atoms with Crippen molar-refractivity contribution in [2.45, 2.75) is 12.5 Å². The normalized spacial score (nSPS) is 14.2. The van der Waals surface area contributed by atoms with Gasteiger partial charge >= 0.3 is 0 Å². The van der Waals surface area contributed by atoms with Crippen LogP contribution in [0.25, 0.3) is 0 Å². The van der Waals surface area contributed by atoms with Crippen LogP contribution in [-0.4, -0.2) is 18.8 Å². The number of ether oxygens (including phenoxy) is 1. The van der Waals surface area contributed by atoms with Crippen LogP contribution in [0.4, 0.5) is 0 Å². The SMILES string of the molecule is COCC(O)(c1ccccc1)c1ccc(C)cc1. The molecule has 0 heterocycles. The third-order valence-corrected chi connectivity index (χ3v) is 3.13. The molecule has 0 bridgehead atoms. The maximum atomic E-state index is 10.9. The van der Waals surface area contributed by atoms with E-state index in [-0.39, 0.29) is 6.61 Å². The first-order valence-corrected chi connectivity index (χ1v) is 6.01. The molecule has 94 valence electrons. The Balaban J connectivity index is 2.47. The van der Waals surface area contributed by atoms with Crippen molar-refractivity contribution < 1.29 is 9.84 Å². The molecule has 1 N–H and O–H groups in total. The van der Waals surface area contributed by atoms with Gasteiger partial charge in [-0.05, 0) is 18.1 Å². The standard InChI is InChI=1S/C16H18O2/c1-13-8-10-15(11-9-13)16(17,12-18-2)14-6-4-3-5-7-14/h3-11,17H,12H2,1-2H3. The summed E-state index contributed by atoms with van der Waals surface area (Å²) in [6.07, 6.45) is 0. The van der Waals surface area contributed by atoms with E-state index in [9.17, 15) is 5.11 Å². The lowest BCUT2D eigenvalue weighted by atomic mass is 9.87. The Morgan fingerprint density at radius 3 is 2.06 bits per heavy atom. The zero-order valence-electron chi connectivity index (χ0n) is 10.8. The number of methoxy groups -OCH3 is 1. The smallest absolute Gasteiger partial charge is 0.138 e. The number of hydrogen-bond donors (Lipinski definition) is 1. The van der Waals surface area contributed by atoms with E-state index in [1.54, 1.807) is 7.11 Å². The molecule has 1 unspecified atom stereocenters. The Labute approximate surface area is 108 Å². The quantitative estimate of drug-likeness (QED) is 0.893. The summed E-state index contributed by atoms with van der Waals surface area (Å²) in [5.74, 6) is 0. The Morgan fingerprint density at radius 2 is 1.50 bits per heavy atom. The van der Waals surface area contributed by atoms with Gasteiger partial charge < -0.3 is 9.84 Å². The van der Waals surface area contributed by atoms with E-state index >= 15 is 0 Å². The zero-order chi connectivity index (χ0) is 13.0. The van der Waals surface area contributed by atoms with Crippen LogP contribution in [0.5, 0.6) is 0 Å². The average Bonchev–Trinajstić information content (AvgIpc) is 2.40. The van der Waals surface area contributed by atoms with E-state index in [0.717, 1.165) is 11.1 Å². The lowest BCUT2D eigenvalue weighted by Gasteiger charge is -2.28. The predicted octanol–water partition coefficient (Wildman–Crippen LogP) is 2.88. The van der Waals surface area contributed by atoms with Gasteiger partial charge in [0.15, 0.2) is 0 Å². The summed E-state index contributed by atoms with van der Waals surface area (Å²) < 4.78 is 5.20. The summed E-state index contributed by atoms with van der Waals surface area (Å²) in [6.45, 7) is 2.27. The molecular formula is C16H18O2. The summed E-state index contributed by atoms with van der Waals surface area (Å²) in [4.78, 5) is 0. The van der Waals surface area contributed by atoms with Gasteiger partial charge in [-0.1, -0.05) is 60.2 Å². The zero-order valence-corrected chi connectivity index (χ0v) is 10.8. The molecule has 18 heavy (non-hydrogen) atoms. The Bertz CT molecular complexity index is 490. The maximum Gasteiger partial charge on any atom is 0.138 e. The van der Waals surface area contributed by atoms with Crippen LogP contribution in [-0.2, 0) is 10.3 Å². The van der Waals surface area contributed by atoms with E-state index in [1.165, 1.54) is 5.56 Å². The van der Waals surface area contributed by atoms with Crippen LogP contribution in [0.15, 0.2) is 54.6 Å². The molecule has 0 aliphatic heterocycles. The molecule has 2 nitrogen and oxygen atoms in total. The molecule has 0 aromatic heterocycles. The first-order valence-electron chi connectivity index (χ1n) is 6.01. The first-order chi connectivity index (χ1) is 8.66. The van der Waals surface area contributed by atoms with Crippen molar-refractivity contribution >= 4 is 0 Å². The van der Waals surface area contributed by atoms with E-state index in [4.69, 9.17) is 4.74 Å². The number of aliphatic hydroxyl groups is 1. The van der Waals surface area contributed by atoms with E-state index < -0.39 is 5.60 Å². The van der Waals surface area contributed by atoms with Crippen LogP contribution in [0.3, 0.4) is 0 Å². The molecule has 0 fully saturated rings. The molecule has 2 aromatic rings. The molecular weight excluding hydrogens is 224 g/mol. The largest absolute Gasteiger partial charge is 0.381 e. The number of aryl methyl sites for hydroxylation is 1. The molecule has 0 saturated carbocycles. The van der Waals surface area contributed by atoms with Crippen molar-refractivity contribution in [3.8, 4) is 0 Å². The monoisotopic (exact) mass is 242 g/mol. The van der Waals surface area contributed by atoms with E-state index in [2.05, 4.69) is 0 Å². The lowest BCUT2D eigenvalue weighted by Crippen LogP contribution is -2.32. The molecule has 2 heteroatoms. The highest BCUT2D eigenvalue weighted by molar-refractivity contribution is 5.37. The van der Waals surface area contributed by atoms with Crippen LogP contribution in [0.2, 0.25) is 0 Å². The highest BCUT2D eigenvalue weighted by atomic mass is 16.5. The Morgan fingerprint density at radius 1 is 0.944 bits per heavy atom. The first kappa shape index (κ1) is 12.8.